The molecule has 2 N–H and O–H groups in total. The molecular formula is C15H16F3N3. The predicted octanol–water partition coefficient (Wildman–Crippen LogP) is 3.73. The second-order valence-corrected chi connectivity index (χ2v) is 5.59. The van der Waals surface area contributed by atoms with Crippen LogP contribution >= 0.6 is 0 Å². The van der Waals surface area contributed by atoms with Crippen LogP contribution in [0.2, 0.25) is 0 Å². The summed E-state index contributed by atoms with van der Waals surface area (Å²) in [6, 6.07) is 4.99. The highest BCUT2D eigenvalue weighted by Gasteiger charge is 2.30. The molecule has 1 atom stereocenters. The summed E-state index contributed by atoms with van der Waals surface area (Å²) < 4.78 is 39.7. The quantitative estimate of drug-likeness (QED) is 0.871. The fraction of sp³-hybridized carbons (Fsp3) is 0.400. The number of benzene rings is 1. The number of hydrogen-bond acceptors (Lipinski definition) is 2. The Bertz CT molecular complexity index is 656. The molecule has 1 aliphatic rings. The Kier molecular flexibility index (Phi) is 3.19. The second kappa shape index (κ2) is 4.79. The number of nitrogen functional groups attached to an aromatic ring is 1. The highest BCUT2D eigenvalue weighted by Crippen LogP contribution is 2.34. The number of alkyl halides is 3. The highest BCUT2D eigenvalue weighted by atomic mass is 19.4. The van der Waals surface area contributed by atoms with E-state index in [4.69, 9.17) is 5.73 Å². The van der Waals surface area contributed by atoms with Gasteiger partial charge in [0, 0.05) is 18.5 Å². The topological polar surface area (TPSA) is 43.8 Å². The van der Waals surface area contributed by atoms with E-state index in [2.05, 4.69) is 11.9 Å². The number of rotatable bonds is 1. The molecule has 0 saturated carbocycles. The van der Waals surface area contributed by atoms with E-state index in [0.717, 1.165) is 37.3 Å². The maximum atomic E-state index is 12.6. The van der Waals surface area contributed by atoms with Crippen LogP contribution in [0.3, 0.4) is 0 Å². The normalized spacial score (nSPS) is 18.6. The van der Waals surface area contributed by atoms with Gasteiger partial charge in [0.25, 0.3) is 0 Å². The Morgan fingerprint density at radius 3 is 2.52 bits per heavy atom. The van der Waals surface area contributed by atoms with Crippen molar-refractivity contribution in [2.45, 2.75) is 32.5 Å². The van der Waals surface area contributed by atoms with Crippen LogP contribution in [0.15, 0.2) is 24.3 Å². The molecule has 1 aliphatic heterocycles. The van der Waals surface area contributed by atoms with E-state index in [0.29, 0.717) is 23.0 Å². The summed E-state index contributed by atoms with van der Waals surface area (Å²) >= 11 is 0. The molecule has 21 heavy (non-hydrogen) atoms. The average molecular weight is 295 g/mol. The predicted molar refractivity (Wildman–Crippen MR) is 74.6 cm³/mol. The number of aromatic nitrogens is 2. The van der Waals surface area contributed by atoms with Crippen molar-refractivity contribution >= 4 is 5.82 Å². The third kappa shape index (κ3) is 2.50. The lowest BCUT2D eigenvalue weighted by Gasteiger charge is -2.20. The molecule has 3 rings (SSSR count). The van der Waals surface area contributed by atoms with Crippen LogP contribution in [0.4, 0.5) is 19.0 Å². The molecule has 2 aromatic rings. The maximum Gasteiger partial charge on any atom is 0.416 e. The van der Waals surface area contributed by atoms with E-state index < -0.39 is 11.7 Å². The minimum absolute atomic E-state index is 0.537. The molecule has 6 heteroatoms. The van der Waals surface area contributed by atoms with Crippen molar-refractivity contribution in [3.05, 3.63) is 35.7 Å². The van der Waals surface area contributed by atoms with Crippen molar-refractivity contribution in [2.24, 2.45) is 5.92 Å². The zero-order valence-electron chi connectivity index (χ0n) is 11.6. The number of anilines is 1. The molecule has 0 fully saturated rings. The molecule has 0 spiro atoms. The van der Waals surface area contributed by atoms with Gasteiger partial charge in [-0.25, -0.2) is 4.98 Å². The van der Waals surface area contributed by atoms with E-state index in [1.165, 1.54) is 12.1 Å². The summed E-state index contributed by atoms with van der Waals surface area (Å²) in [4.78, 5) is 4.50. The third-order valence-corrected chi connectivity index (χ3v) is 3.93. The number of halogens is 3. The number of hydrogen-bond donors (Lipinski definition) is 1. The zero-order chi connectivity index (χ0) is 15.2. The lowest BCUT2D eigenvalue weighted by molar-refractivity contribution is -0.137. The van der Waals surface area contributed by atoms with Crippen LogP contribution in [0.25, 0.3) is 11.3 Å². The molecule has 1 aromatic carbocycles. The summed E-state index contributed by atoms with van der Waals surface area (Å²) in [6.45, 7) is 2.97. The number of imidazole rings is 1. The number of nitrogens with zero attached hydrogens (tertiary/aromatic N) is 2. The first-order chi connectivity index (χ1) is 9.86. The van der Waals surface area contributed by atoms with E-state index in [9.17, 15) is 13.2 Å². The number of nitrogens with two attached hydrogens (primary N) is 1. The van der Waals surface area contributed by atoms with Crippen LogP contribution in [0.1, 0.15) is 24.7 Å². The van der Waals surface area contributed by atoms with Gasteiger partial charge in [0.1, 0.15) is 17.3 Å². The standard InChI is InChI=1S/C15H16F3N3/c1-9-2-7-12-20-13(14(19)21(12)8-9)10-3-5-11(6-4-10)15(16,17)18/h3-6,9H,2,7-8,19H2,1H3. The van der Waals surface area contributed by atoms with Crippen molar-refractivity contribution < 1.29 is 13.2 Å². The summed E-state index contributed by atoms with van der Waals surface area (Å²) in [5.74, 6) is 1.99. The first-order valence-corrected chi connectivity index (χ1v) is 6.89. The Hall–Kier alpha value is -1.98. The molecule has 0 aliphatic carbocycles. The van der Waals surface area contributed by atoms with Gasteiger partial charge in [0.05, 0.1) is 5.56 Å². The van der Waals surface area contributed by atoms with Crippen LogP contribution < -0.4 is 5.73 Å². The van der Waals surface area contributed by atoms with Gasteiger partial charge in [-0.1, -0.05) is 19.1 Å². The van der Waals surface area contributed by atoms with Crippen LogP contribution in [-0.4, -0.2) is 9.55 Å². The smallest absolute Gasteiger partial charge is 0.383 e. The average Bonchev–Trinajstić information content (AvgIpc) is 2.75. The van der Waals surface area contributed by atoms with Crippen molar-refractivity contribution in [1.29, 1.82) is 0 Å². The lowest BCUT2D eigenvalue weighted by Crippen LogP contribution is -2.19. The largest absolute Gasteiger partial charge is 0.416 e. The fourth-order valence-corrected chi connectivity index (χ4v) is 2.72. The zero-order valence-corrected chi connectivity index (χ0v) is 11.6. The SMILES string of the molecule is CC1CCc2nc(-c3ccc(C(F)(F)F)cc3)c(N)n2C1. The van der Waals surface area contributed by atoms with Gasteiger partial charge in [0.15, 0.2) is 0 Å². The lowest BCUT2D eigenvalue weighted by atomic mass is 10.0. The third-order valence-electron chi connectivity index (χ3n) is 3.93. The highest BCUT2D eigenvalue weighted by molar-refractivity contribution is 5.71. The van der Waals surface area contributed by atoms with Crippen molar-refractivity contribution in [3.8, 4) is 11.3 Å². The van der Waals surface area contributed by atoms with Crippen LogP contribution in [0, 0.1) is 5.92 Å². The van der Waals surface area contributed by atoms with Gasteiger partial charge in [-0.2, -0.15) is 13.2 Å². The van der Waals surface area contributed by atoms with Gasteiger partial charge in [0.2, 0.25) is 0 Å². The van der Waals surface area contributed by atoms with Gasteiger partial charge >= 0.3 is 6.18 Å². The van der Waals surface area contributed by atoms with Gasteiger partial charge < -0.3 is 10.3 Å². The molecule has 1 unspecified atom stereocenters. The first-order valence-electron chi connectivity index (χ1n) is 6.89. The molecule has 112 valence electrons. The molecule has 0 radical (unpaired) electrons. The maximum absolute atomic E-state index is 12.6. The minimum atomic E-state index is -4.33. The first kappa shape index (κ1) is 14.0. The Morgan fingerprint density at radius 2 is 1.90 bits per heavy atom. The minimum Gasteiger partial charge on any atom is -0.383 e. The van der Waals surface area contributed by atoms with E-state index >= 15 is 0 Å². The van der Waals surface area contributed by atoms with Crippen molar-refractivity contribution in [2.75, 3.05) is 5.73 Å². The van der Waals surface area contributed by atoms with E-state index in [1.807, 2.05) is 4.57 Å². The number of fused-ring (bicyclic) bond motifs is 1. The van der Waals surface area contributed by atoms with Gasteiger partial charge in [-0.15, -0.1) is 0 Å². The van der Waals surface area contributed by atoms with E-state index in [-0.39, 0.29) is 0 Å². The monoisotopic (exact) mass is 295 g/mol. The molecule has 3 nitrogen and oxygen atoms in total. The molecule has 2 heterocycles. The summed E-state index contributed by atoms with van der Waals surface area (Å²) in [5, 5.41) is 0. The molecule has 0 saturated heterocycles. The summed E-state index contributed by atoms with van der Waals surface area (Å²) in [7, 11) is 0. The molecular weight excluding hydrogens is 279 g/mol. The van der Waals surface area contributed by atoms with Gasteiger partial charge in [-0.3, -0.25) is 0 Å². The van der Waals surface area contributed by atoms with Crippen molar-refractivity contribution in [3.63, 3.8) is 0 Å². The van der Waals surface area contributed by atoms with Gasteiger partial charge in [-0.05, 0) is 24.5 Å². The van der Waals surface area contributed by atoms with E-state index in [1.54, 1.807) is 0 Å². The van der Waals surface area contributed by atoms with Crippen LogP contribution in [-0.2, 0) is 19.1 Å². The molecule has 0 amide bonds. The Labute approximate surface area is 120 Å². The fourth-order valence-electron chi connectivity index (χ4n) is 2.72. The second-order valence-electron chi connectivity index (χ2n) is 5.59. The van der Waals surface area contributed by atoms with Crippen molar-refractivity contribution in [1.82, 2.24) is 9.55 Å². The Morgan fingerprint density at radius 1 is 1.24 bits per heavy atom. The Balaban J connectivity index is 1.98. The van der Waals surface area contributed by atoms with Crippen LogP contribution in [0.5, 0.6) is 0 Å². The molecule has 0 bridgehead atoms. The number of aryl methyl sites for hydroxylation is 1. The summed E-state index contributed by atoms with van der Waals surface area (Å²) in [5.41, 5.74) is 6.65. The molecule has 1 aromatic heterocycles. The summed E-state index contributed by atoms with van der Waals surface area (Å²) in [6.07, 6.45) is -2.41.